The minimum atomic E-state index is -0.262. The number of pyridine rings is 1. The molecule has 0 bridgehead atoms. The molecule has 0 saturated carbocycles. The Morgan fingerprint density at radius 3 is 2.64 bits per heavy atom. The van der Waals surface area contributed by atoms with Crippen molar-refractivity contribution in [3.05, 3.63) is 57.9 Å². The van der Waals surface area contributed by atoms with Crippen LogP contribution in [0.2, 0.25) is 5.02 Å². The average molecular weight is 440 g/mol. The number of nitrogens with zero attached hydrogens (tertiary/aromatic N) is 1. The van der Waals surface area contributed by atoms with Gasteiger partial charge in [0.25, 0.3) is 5.91 Å². The molecule has 2 N–H and O–H groups in total. The summed E-state index contributed by atoms with van der Waals surface area (Å²) in [5.74, 6) is 0.628. The van der Waals surface area contributed by atoms with Crippen LogP contribution >= 0.6 is 35.8 Å². The molecule has 7 heteroatoms. The number of nitrogens with one attached hydrogen (secondary N) is 2. The van der Waals surface area contributed by atoms with Crippen LogP contribution in [0.25, 0.3) is 0 Å². The number of benzene rings is 1. The molecule has 0 fully saturated rings. The highest BCUT2D eigenvalue weighted by Gasteiger charge is 2.17. The number of hydrogen-bond donors (Lipinski definition) is 2. The van der Waals surface area contributed by atoms with Gasteiger partial charge >= 0.3 is 0 Å². The van der Waals surface area contributed by atoms with Gasteiger partial charge in [-0.3, -0.25) is 9.78 Å². The minimum absolute atomic E-state index is 0. The van der Waals surface area contributed by atoms with Crippen molar-refractivity contribution >= 4 is 41.7 Å². The summed E-state index contributed by atoms with van der Waals surface area (Å²) < 4.78 is 0. The molecule has 1 aromatic carbocycles. The fourth-order valence-corrected chi connectivity index (χ4v) is 4.49. The molecule has 2 aromatic rings. The van der Waals surface area contributed by atoms with Crippen LogP contribution in [-0.4, -0.2) is 29.5 Å². The standard InChI is InChI=1S/C21H26ClN3OS.ClH/c1-21(2,3)25-20(26)15-4-6-16(24-12-15)13-27-19-17-9-11-23-10-8-14(17)5-7-18(19)22;/h4-7,12,23H,8-11,13H2,1-3H3,(H,25,26);1H. The topological polar surface area (TPSA) is 54.0 Å². The van der Waals surface area contributed by atoms with E-state index >= 15 is 0 Å². The van der Waals surface area contributed by atoms with Crippen LogP contribution in [0.3, 0.4) is 0 Å². The first-order valence-corrected chi connectivity index (χ1v) is 10.6. The summed E-state index contributed by atoms with van der Waals surface area (Å²) in [6.45, 7) is 7.89. The summed E-state index contributed by atoms with van der Waals surface area (Å²) in [4.78, 5) is 17.8. The molecule has 0 saturated heterocycles. The molecule has 1 aliphatic rings. The maximum atomic E-state index is 12.2. The Kier molecular flexibility index (Phi) is 8.19. The molecule has 1 aromatic heterocycles. The molecular formula is C21H27Cl2N3OS. The quantitative estimate of drug-likeness (QED) is 0.679. The van der Waals surface area contributed by atoms with Gasteiger partial charge in [0.15, 0.2) is 0 Å². The van der Waals surface area contributed by atoms with E-state index in [1.54, 1.807) is 18.0 Å². The van der Waals surface area contributed by atoms with Crippen molar-refractivity contribution in [2.24, 2.45) is 0 Å². The van der Waals surface area contributed by atoms with Gasteiger partial charge < -0.3 is 10.6 Å². The number of carbonyl (C=O) groups excluding carboxylic acids is 1. The zero-order chi connectivity index (χ0) is 19.4. The third-order valence-corrected chi connectivity index (χ3v) is 5.99. The van der Waals surface area contributed by atoms with Crippen LogP contribution in [0.4, 0.5) is 0 Å². The molecule has 28 heavy (non-hydrogen) atoms. The second kappa shape index (κ2) is 9.97. The maximum absolute atomic E-state index is 12.2. The summed E-state index contributed by atoms with van der Waals surface area (Å²) in [5.41, 5.74) is 4.00. The SMILES string of the molecule is CC(C)(C)NC(=O)c1ccc(CSc2c(Cl)ccc3c2CCNCC3)nc1.Cl. The number of carbonyl (C=O) groups is 1. The molecule has 152 valence electrons. The number of thioether (sulfide) groups is 1. The normalized spacial score (nSPS) is 13.9. The van der Waals surface area contributed by atoms with E-state index in [-0.39, 0.29) is 23.9 Å². The molecule has 0 unspecified atom stereocenters. The molecule has 0 spiro atoms. The molecule has 0 atom stereocenters. The fourth-order valence-electron chi connectivity index (χ4n) is 3.07. The van der Waals surface area contributed by atoms with E-state index in [4.69, 9.17) is 11.6 Å². The largest absolute Gasteiger partial charge is 0.347 e. The lowest BCUT2D eigenvalue weighted by molar-refractivity contribution is 0.0919. The molecule has 1 amide bonds. The fraction of sp³-hybridized carbons (Fsp3) is 0.429. The van der Waals surface area contributed by atoms with Crippen LogP contribution in [0.5, 0.6) is 0 Å². The van der Waals surface area contributed by atoms with Gasteiger partial charge in [0.1, 0.15) is 0 Å². The smallest absolute Gasteiger partial charge is 0.253 e. The second-order valence-electron chi connectivity index (χ2n) is 7.80. The summed E-state index contributed by atoms with van der Waals surface area (Å²) >= 11 is 8.22. The van der Waals surface area contributed by atoms with E-state index in [0.717, 1.165) is 47.3 Å². The van der Waals surface area contributed by atoms with Crippen LogP contribution in [-0.2, 0) is 18.6 Å². The lowest BCUT2D eigenvalue weighted by Gasteiger charge is -2.20. The van der Waals surface area contributed by atoms with Crippen LogP contribution in [0, 0.1) is 0 Å². The van der Waals surface area contributed by atoms with Gasteiger partial charge in [-0.2, -0.15) is 0 Å². The molecule has 1 aliphatic heterocycles. The number of hydrogen-bond acceptors (Lipinski definition) is 4. The Balaban J connectivity index is 0.00000280. The van der Waals surface area contributed by atoms with Crippen LogP contribution in [0.15, 0.2) is 35.4 Å². The van der Waals surface area contributed by atoms with Gasteiger partial charge in [0.2, 0.25) is 0 Å². The lowest BCUT2D eigenvalue weighted by Crippen LogP contribution is -2.40. The van der Waals surface area contributed by atoms with Crippen molar-refractivity contribution in [3.63, 3.8) is 0 Å². The molecule has 3 rings (SSSR count). The molecule has 0 radical (unpaired) electrons. The van der Waals surface area contributed by atoms with Gasteiger partial charge in [-0.15, -0.1) is 24.2 Å². The van der Waals surface area contributed by atoms with E-state index in [1.807, 2.05) is 39.0 Å². The Hall–Kier alpha value is -1.27. The average Bonchev–Trinajstić information content (AvgIpc) is 2.85. The van der Waals surface area contributed by atoms with Crippen molar-refractivity contribution < 1.29 is 4.79 Å². The van der Waals surface area contributed by atoms with Crippen molar-refractivity contribution in [1.29, 1.82) is 0 Å². The Morgan fingerprint density at radius 1 is 1.21 bits per heavy atom. The number of aromatic nitrogens is 1. The number of fused-ring (bicyclic) bond motifs is 1. The lowest BCUT2D eigenvalue weighted by atomic mass is 10.0. The summed E-state index contributed by atoms with van der Waals surface area (Å²) in [5, 5.41) is 7.20. The van der Waals surface area contributed by atoms with E-state index in [1.165, 1.54) is 11.1 Å². The third-order valence-electron chi connectivity index (χ3n) is 4.37. The minimum Gasteiger partial charge on any atom is -0.347 e. The molecule has 4 nitrogen and oxygen atoms in total. The van der Waals surface area contributed by atoms with Crippen molar-refractivity contribution in [3.8, 4) is 0 Å². The van der Waals surface area contributed by atoms with Gasteiger partial charge in [-0.1, -0.05) is 17.7 Å². The first-order chi connectivity index (χ1) is 12.8. The van der Waals surface area contributed by atoms with Gasteiger partial charge in [0, 0.05) is 22.4 Å². The highest BCUT2D eigenvalue weighted by molar-refractivity contribution is 7.98. The van der Waals surface area contributed by atoms with Crippen LogP contribution in [0.1, 0.15) is 48.0 Å². The Bertz CT molecular complexity index is 820. The first kappa shape index (κ1) is 23.0. The highest BCUT2D eigenvalue weighted by atomic mass is 35.5. The van der Waals surface area contributed by atoms with Crippen molar-refractivity contribution in [1.82, 2.24) is 15.6 Å². The predicted molar refractivity (Wildman–Crippen MR) is 120 cm³/mol. The van der Waals surface area contributed by atoms with Gasteiger partial charge in [-0.25, -0.2) is 0 Å². The number of halogens is 2. The highest BCUT2D eigenvalue weighted by Crippen LogP contribution is 2.35. The zero-order valence-corrected chi connectivity index (χ0v) is 18.9. The van der Waals surface area contributed by atoms with E-state index in [0.29, 0.717) is 5.56 Å². The number of rotatable bonds is 4. The summed E-state index contributed by atoms with van der Waals surface area (Å²) in [7, 11) is 0. The summed E-state index contributed by atoms with van der Waals surface area (Å²) in [6.07, 6.45) is 3.68. The van der Waals surface area contributed by atoms with Crippen molar-refractivity contribution in [2.75, 3.05) is 13.1 Å². The summed E-state index contributed by atoms with van der Waals surface area (Å²) in [6, 6.07) is 7.90. The van der Waals surface area contributed by atoms with E-state index in [2.05, 4.69) is 21.7 Å². The van der Waals surface area contributed by atoms with Crippen LogP contribution < -0.4 is 10.6 Å². The van der Waals surface area contributed by atoms with E-state index in [9.17, 15) is 4.79 Å². The third kappa shape index (κ3) is 6.11. The van der Waals surface area contributed by atoms with Gasteiger partial charge in [0.05, 0.1) is 16.3 Å². The molecule has 2 heterocycles. The van der Waals surface area contributed by atoms with Gasteiger partial charge in [-0.05, 0) is 76.0 Å². The van der Waals surface area contributed by atoms with E-state index < -0.39 is 0 Å². The first-order valence-electron chi connectivity index (χ1n) is 9.25. The van der Waals surface area contributed by atoms with Crippen molar-refractivity contribution in [2.45, 2.75) is 49.8 Å². The molecular weight excluding hydrogens is 413 g/mol. The maximum Gasteiger partial charge on any atom is 0.253 e. The molecule has 0 aliphatic carbocycles. The second-order valence-corrected chi connectivity index (χ2v) is 9.19. The monoisotopic (exact) mass is 439 g/mol. The number of amides is 1. The predicted octanol–water partition coefficient (Wildman–Crippen LogP) is 4.67. The zero-order valence-electron chi connectivity index (χ0n) is 16.5. The Morgan fingerprint density at radius 2 is 1.96 bits per heavy atom. The Labute approximate surface area is 182 Å².